The van der Waals surface area contributed by atoms with Crippen LogP contribution < -0.4 is 11.1 Å². The average Bonchev–Trinajstić information content (AvgIpc) is 2.04. The van der Waals surface area contributed by atoms with E-state index in [1.165, 1.54) is 7.11 Å². The number of carbonyl (C=O) groups is 1. The van der Waals surface area contributed by atoms with Gasteiger partial charge in [0.05, 0.1) is 12.7 Å². The Labute approximate surface area is 65.4 Å². The zero-order valence-corrected chi connectivity index (χ0v) is 6.52. The number of carbonyl (C=O) groups excluding carboxylic acids is 1. The van der Waals surface area contributed by atoms with Gasteiger partial charge in [0.1, 0.15) is 0 Å². The minimum Gasteiger partial charge on any atom is -0.466 e. The summed E-state index contributed by atoms with van der Waals surface area (Å²) in [6.07, 6.45) is 0.727. The van der Waals surface area contributed by atoms with Crippen molar-refractivity contribution in [3.63, 3.8) is 0 Å². The van der Waals surface area contributed by atoms with Crippen molar-refractivity contribution in [2.24, 2.45) is 5.73 Å². The third-order valence-corrected chi connectivity index (χ3v) is 1.69. The van der Waals surface area contributed by atoms with E-state index in [-0.39, 0.29) is 5.97 Å². The number of hydrogen-bond acceptors (Lipinski definition) is 4. The smallest absolute Gasteiger partial charge is 0.336 e. The topological polar surface area (TPSA) is 64.3 Å². The molecular weight excluding hydrogens is 144 g/mol. The van der Waals surface area contributed by atoms with E-state index >= 15 is 0 Å². The molecule has 0 aliphatic carbocycles. The summed E-state index contributed by atoms with van der Waals surface area (Å²) in [5.41, 5.74) is 6.81. The molecular formula is C7H12N2O2. The molecule has 0 unspecified atom stereocenters. The second-order valence-electron chi connectivity index (χ2n) is 2.42. The number of methoxy groups -OCH3 is 1. The summed E-state index contributed by atoms with van der Waals surface area (Å²) in [6.45, 7) is 1.37. The Balaban J connectivity index is 2.74. The molecule has 3 N–H and O–H groups in total. The van der Waals surface area contributed by atoms with Gasteiger partial charge in [-0.15, -0.1) is 0 Å². The molecule has 0 aromatic rings. The van der Waals surface area contributed by atoms with E-state index in [0.717, 1.165) is 13.0 Å². The van der Waals surface area contributed by atoms with Crippen molar-refractivity contribution in [3.05, 3.63) is 11.3 Å². The molecule has 0 saturated carbocycles. The van der Waals surface area contributed by atoms with Gasteiger partial charge in [-0.2, -0.15) is 0 Å². The molecule has 0 saturated heterocycles. The van der Waals surface area contributed by atoms with Gasteiger partial charge in [0, 0.05) is 25.2 Å². The highest BCUT2D eigenvalue weighted by molar-refractivity contribution is 5.89. The largest absolute Gasteiger partial charge is 0.466 e. The van der Waals surface area contributed by atoms with E-state index < -0.39 is 0 Å². The Hall–Kier alpha value is -1.03. The monoisotopic (exact) mass is 156 g/mol. The van der Waals surface area contributed by atoms with Crippen molar-refractivity contribution in [3.8, 4) is 0 Å². The van der Waals surface area contributed by atoms with Gasteiger partial charge in [-0.25, -0.2) is 4.79 Å². The maximum Gasteiger partial charge on any atom is 0.336 e. The molecule has 1 heterocycles. The molecule has 1 rings (SSSR count). The Kier molecular flexibility index (Phi) is 2.48. The fourth-order valence-corrected chi connectivity index (χ4v) is 1.03. The van der Waals surface area contributed by atoms with Crippen LogP contribution >= 0.6 is 0 Å². The molecule has 0 fully saturated rings. The van der Waals surface area contributed by atoms with Crippen LogP contribution in [-0.4, -0.2) is 26.2 Å². The van der Waals surface area contributed by atoms with Gasteiger partial charge in [0.2, 0.25) is 0 Å². The summed E-state index contributed by atoms with van der Waals surface area (Å²) in [4.78, 5) is 11.0. The summed E-state index contributed by atoms with van der Waals surface area (Å²) >= 11 is 0. The second kappa shape index (κ2) is 3.39. The number of hydrogen-bond donors (Lipinski definition) is 2. The Morgan fingerprint density at radius 2 is 2.45 bits per heavy atom. The molecule has 62 valence electrons. The average molecular weight is 156 g/mol. The second-order valence-corrected chi connectivity index (χ2v) is 2.42. The van der Waals surface area contributed by atoms with Crippen LogP contribution in [0.5, 0.6) is 0 Å². The first-order valence-corrected chi connectivity index (χ1v) is 3.52. The van der Waals surface area contributed by atoms with Gasteiger partial charge >= 0.3 is 5.97 Å². The van der Waals surface area contributed by atoms with Crippen LogP contribution in [0.3, 0.4) is 0 Å². The van der Waals surface area contributed by atoms with Crippen LogP contribution in [0, 0.1) is 0 Å². The third kappa shape index (κ3) is 1.71. The summed E-state index contributed by atoms with van der Waals surface area (Å²) < 4.78 is 4.54. The quantitative estimate of drug-likeness (QED) is 0.496. The van der Waals surface area contributed by atoms with Crippen molar-refractivity contribution in [1.82, 2.24) is 5.32 Å². The molecule has 4 nitrogen and oxygen atoms in total. The molecule has 0 atom stereocenters. The predicted octanol–water partition coefficient (Wildman–Crippen LogP) is -0.634. The number of nitrogens with two attached hydrogens (primary N) is 1. The lowest BCUT2D eigenvalue weighted by Crippen LogP contribution is -2.31. The maximum absolute atomic E-state index is 11.0. The standard InChI is InChI=1S/C7H12N2O2/c1-11-7(10)5-4-9-3-2-6(5)8/h9H,2-4,8H2,1H3. The van der Waals surface area contributed by atoms with Crippen LogP contribution in [0.2, 0.25) is 0 Å². The number of ether oxygens (including phenoxy) is 1. The molecule has 11 heavy (non-hydrogen) atoms. The first-order valence-electron chi connectivity index (χ1n) is 3.52. The van der Waals surface area contributed by atoms with Gasteiger partial charge in [-0.3, -0.25) is 0 Å². The molecule has 0 amide bonds. The Morgan fingerprint density at radius 1 is 1.73 bits per heavy atom. The van der Waals surface area contributed by atoms with Crippen LogP contribution in [0.1, 0.15) is 6.42 Å². The highest BCUT2D eigenvalue weighted by Crippen LogP contribution is 2.07. The van der Waals surface area contributed by atoms with Gasteiger partial charge in [-0.1, -0.05) is 0 Å². The SMILES string of the molecule is COC(=O)C1=C(N)CCNC1. The lowest BCUT2D eigenvalue weighted by molar-refractivity contribution is -0.136. The van der Waals surface area contributed by atoms with E-state index in [9.17, 15) is 4.79 Å². The van der Waals surface area contributed by atoms with E-state index in [1.807, 2.05) is 0 Å². The Morgan fingerprint density at radius 3 is 3.00 bits per heavy atom. The molecule has 0 aromatic heterocycles. The zero-order valence-electron chi connectivity index (χ0n) is 6.52. The van der Waals surface area contributed by atoms with Crippen molar-refractivity contribution < 1.29 is 9.53 Å². The highest BCUT2D eigenvalue weighted by Gasteiger charge is 2.16. The van der Waals surface area contributed by atoms with Crippen molar-refractivity contribution in [2.75, 3.05) is 20.2 Å². The molecule has 1 aliphatic rings. The first-order chi connectivity index (χ1) is 5.25. The summed E-state index contributed by atoms with van der Waals surface area (Å²) in [5, 5.41) is 3.04. The predicted molar refractivity (Wildman–Crippen MR) is 40.7 cm³/mol. The summed E-state index contributed by atoms with van der Waals surface area (Å²) in [7, 11) is 1.36. The lowest BCUT2D eigenvalue weighted by Gasteiger charge is -2.16. The fourth-order valence-electron chi connectivity index (χ4n) is 1.03. The van der Waals surface area contributed by atoms with Crippen LogP contribution in [0.4, 0.5) is 0 Å². The van der Waals surface area contributed by atoms with Crippen LogP contribution in [0.15, 0.2) is 11.3 Å². The highest BCUT2D eigenvalue weighted by atomic mass is 16.5. The maximum atomic E-state index is 11.0. The van der Waals surface area contributed by atoms with Crippen LogP contribution in [-0.2, 0) is 9.53 Å². The zero-order chi connectivity index (χ0) is 8.27. The summed E-state index contributed by atoms with van der Waals surface area (Å²) in [5.74, 6) is -0.324. The van der Waals surface area contributed by atoms with Crippen molar-refractivity contribution in [2.45, 2.75) is 6.42 Å². The minimum absolute atomic E-state index is 0.324. The minimum atomic E-state index is -0.324. The lowest BCUT2D eigenvalue weighted by atomic mass is 10.1. The molecule has 0 radical (unpaired) electrons. The van der Waals surface area contributed by atoms with Gasteiger partial charge in [-0.05, 0) is 0 Å². The summed E-state index contributed by atoms with van der Waals surface area (Å²) in [6, 6.07) is 0. The fraction of sp³-hybridized carbons (Fsp3) is 0.571. The van der Waals surface area contributed by atoms with Gasteiger partial charge in [0.25, 0.3) is 0 Å². The van der Waals surface area contributed by atoms with Gasteiger partial charge < -0.3 is 15.8 Å². The normalized spacial score (nSPS) is 18.3. The van der Waals surface area contributed by atoms with Gasteiger partial charge in [0.15, 0.2) is 0 Å². The van der Waals surface area contributed by atoms with E-state index in [4.69, 9.17) is 5.73 Å². The number of esters is 1. The number of rotatable bonds is 1. The Bertz CT molecular complexity index is 199. The van der Waals surface area contributed by atoms with E-state index in [2.05, 4.69) is 10.1 Å². The van der Waals surface area contributed by atoms with Crippen molar-refractivity contribution in [1.29, 1.82) is 0 Å². The van der Waals surface area contributed by atoms with E-state index in [1.54, 1.807) is 0 Å². The van der Waals surface area contributed by atoms with E-state index in [0.29, 0.717) is 17.8 Å². The molecule has 0 aromatic carbocycles. The molecule has 1 aliphatic heterocycles. The molecule has 0 bridgehead atoms. The van der Waals surface area contributed by atoms with Crippen molar-refractivity contribution >= 4 is 5.97 Å². The molecule has 0 spiro atoms. The molecule has 4 heteroatoms. The number of nitrogens with one attached hydrogen (secondary N) is 1. The third-order valence-electron chi connectivity index (χ3n) is 1.69. The van der Waals surface area contributed by atoms with Crippen LogP contribution in [0.25, 0.3) is 0 Å². The first kappa shape index (κ1) is 8.07.